The Kier molecular flexibility index (Phi) is 4.35. The highest BCUT2D eigenvalue weighted by Crippen LogP contribution is 2.34. The summed E-state index contributed by atoms with van der Waals surface area (Å²) in [6.45, 7) is 0.218. The molecule has 0 heterocycles. The van der Waals surface area contributed by atoms with E-state index in [9.17, 15) is 13.2 Å². The molecule has 106 valence electrons. The van der Waals surface area contributed by atoms with E-state index in [1.807, 2.05) is 0 Å². The van der Waals surface area contributed by atoms with Gasteiger partial charge in [-0.05, 0) is 30.3 Å². The maximum atomic E-state index is 12.6. The number of rotatable bonds is 3. The third-order valence-corrected chi connectivity index (χ3v) is 3.41. The fourth-order valence-corrected chi connectivity index (χ4v) is 2.21. The van der Waals surface area contributed by atoms with Gasteiger partial charge in [0.15, 0.2) is 0 Å². The average molecular weight is 346 g/mol. The number of benzene rings is 2. The van der Waals surface area contributed by atoms with Gasteiger partial charge in [0.25, 0.3) is 0 Å². The minimum atomic E-state index is -4.40. The summed E-state index contributed by atoms with van der Waals surface area (Å²) >= 11 is 3.33. The molecule has 2 aromatic carbocycles. The summed E-state index contributed by atoms with van der Waals surface area (Å²) < 4.78 is 44.2. The van der Waals surface area contributed by atoms with Crippen molar-refractivity contribution >= 4 is 15.9 Å². The predicted molar refractivity (Wildman–Crippen MR) is 73.6 cm³/mol. The number of hydrogen-bond donors (Lipinski definition) is 1. The van der Waals surface area contributed by atoms with Gasteiger partial charge in [0.05, 0.1) is 5.56 Å². The molecule has 0 bridgehead atoms. The minimum Gasteiger partial charge on any atom is -0.457 e. The van der Waals surface area contributed by atoms with Crippen molar-refractivity contribution in [3.63, 3.8) is 0 Å². The Morgan fingerprint density at radius 3 is 2.45 bits per heavy atom. The van der Waals surface area contributed by atoms with Crippen molar-refractivity contribution in [2.45, 2.75) is 12.7 Å². The molecule has 0 unspecified atom stereocenters. The Hall–Kier alpha value is -1.53. The van der Waals surface area contributed by atoms with E-state index in [1.165, 1.54) is 12.1 Å². The predicted octanol–water partition coefficient (Wildman–Crippen LogP) is 4.72. The van der Waals surface area contributed by atoms with Crippen LogP contribution in [0.2, 0.25) is 0 Å². The Morgan fingerprint density at radius 2 is 1.80 bits per heavy atom. The standard InChI is InChI=1S/C14H11BrF3NO/c15-12-5-2-6-13(11(12)8-19)20-10-4-1-3-9(7-10)14(16,17)18/h1-7H,8,19H2. The summed E-state index contributed by atoms with van der Waals surface area (Å²) in [5.74, 6) is 0.550. The van der Waals surface area contributed by atoms with E-state index in [0.29, 0.717) is 11.3 Å². The third-order valence-electron chi connectivity index (χ3n) is 2.67. The minimum absolute atomic E-state index is 0.118. The Labute approximate surface area is 122 Å². The SMILES string of the molecule is NCc1c(Br)cccc1Oc1cccc(C(F)(F)F)c1. The first-order valence-corrected chi connectivity index (χ1v) is 6.53. The van der Waals surface area contributed by atoms with Gasteiger partial charge in [-0.2, -0.15) is 13.2 Å². The molecule has 0 aromatic heterocycles. The molecule has 0 aliphatic rings. The first-order chi connectivity index (χ1) is 9.41. The Bertz CT molecular complexity index is 614. The summed E-state index contributed by atoms with van der Waals surface area (Å²) in [5.41, 5.74) is 5.56. The van der Waals surface area contributed by atoms with Crippen molar-refractivity contribution in [1.29, 1.82) is 0 Å². The van der Waals surface area contributed by atoms with Crippen molar-refractivity contribution in [3.8, 4) is 11.5 Å². The fraction of sp³-hybridized carbons (Fsp3) is 0.143. The van der Waals surface area contributed by atoms with Gasteiger partial charge in [-0.1, -0.05) is 28.1 Å². The number of alkyl halides is 3. The molecule has 2 aromatic rings. The van der Waals surface area contributed by atoms with Crippen molar-refractivity contribution < 1.29 is 17.9 Å². The van der Waals surface area contributed by atoms with E-state index in [2.05, 4.69) is 15.9 Å². The van der Waals surface area contributed by atoms with Crippen LogP contribution in [-0.4, -0.2) is 0 Å². The van der Waals surface area contributed by atoms with Crippen molar-refractivity contribution in [2.75, 3.05) is 0 Å². The topological polar surface area (TPSA) is 35.2 Å². The maximum Gasteiger partial charge on any atom is 0.416 e. The van der Waals surface area contributed by atoms with Crippen molar-refractivity contribution in [2.24, 2.45) is 5.73 Å². The monoisotopic (exact) mass is 345 g/mol. The van der Waals surface area contributed by atoms with Crippen LogP contribution in [0.4, 0.5) is 13.2 Å². The lowest BCUT2D eigenvalue weighted by Gasteiger charge is -2.13. The van der Waals surface area contributed by atoms with Crippen LogP contribution in [-0.2, 0) is 12.7 Å². The molecular formula is C14H11BrF3NO. The normalized spacial score (nSPS) is 11.4. The highest BCUT2D eigenvalue weighted by molar-refractivity contribution is 9.10. The molecule has 2 rings (SSSR count). The second kappa shape index (κ2) is 5.85. The van der Waals surface area contributed by atoms with E-state index in [-0.39, 0.29) is 12.3 Å². The summed E-state index contributed by atoms with van der Waals surface area (Å²) in [6.07, 6.45) is -4.40. The Morgan fingerprint density at radius 1 is 1.10 bits per heavy atom. The highest BCUT2D eigenvalue weighted by atomic mass is 79.9. The molecule has 0 aliphatic heterocycles. The Balaban J connectivity index is 2.34. The van der Waals surface area contributed by atoms with Crippen LogP contribution >= 0.6 is 15.9 Å². The molecule has 0 saturated carbocycles. The first-order valence-electron chi connectivity index (χ1n) is 5.74. The fourth-order valence-electron chi connectivity index (χ4n) is 1.70. The van der Waals surface area contributed by atoms with Gasteiger partial charge in [-0.25, -0.2) is 0 Å². The molecule has 0 spiro atoms. The summed E-state index contributed by atoms with van der Waals surface area (Å²) in [6, 6.07) is 9.91. The zero-order chi connectivity index (χ0) is 14.8. The molecule has 2 nitrogen and oxygen atoms in total. The summed E-state index contributed by atoms with van der Waals surface area (Å²) in [7, 11) is 0. The van der Waals surface area contributed by atoms with Crippen LogP contribution in [0.5, 0.6) is 11.5 Å². The lowest BCUT2D eigenvalue weighted by Crippen LogP contribution is -2.05. The molecule has 0 radical (unpaired) electrons. The van der Waals surface area contributed by atoms with Gasteiger partial charge >= 0.3 is 6.18 Å². The second-order valence-corrected chi connectivity index (χ2v) is 4.90. The van der Waals surface area contributed by atoms with Crippen LogP contribution in [0, 0.1) is 0 Å². The van der Waals surface area contributed by atoms with Crippen LogP contribution < -0.4 is 10.5 Å². The molecule has 6 heteroatoms. The van der Waals surface area contributed by atoms with Crippen LogP contribution in [0.3, 0.4) is 0 Å². The second-order valence-electron chi connectivity index (χ2n) is 4.05. The molecule has 0 atom stereocenters. The number of halogens is 4. The molecule has 2 N–H and O–H groups in total. The lowest BCUT2D eigenvalue weighted by atomic mass is 10.2. The highest BCUT2D eigenvalue weighted by Gasteiger charge is 2.30. The molecule has 0 saturated heterocycles. The third kappa shape index (κ3) is 3.32. The van der Waals surface area contributed by atoms with E-state index >= 15 is 0 Å². The number of ether oxygens (including phenoxy) is 1. The zero-order valence-electron chi connectivity index (χ0n) is 10.2. The maximum absolute atomic E-state index is 12.6. The quantitative estimate of drug-likeness (QED) is 0.873. The van der Waals surface area contributed by atoms with Gasteiger partial charge in [0.2, 0.25) is 0 Å². The van der Waals surface area contributed by atoms with Gasteiger partial charge in [-0.3, -0.25) is 0 Å². The number of nitrogens with two attached hydrogens (primary N) is 1. The van der Waals surface area contributed by atoms with Crippen molar-refractivity contribution in [1.82, 2.24) is 0 Å². The number of hydrogen-bond acceptors (Lipinski definition) is 2. The largest absolute Gasteiger partial charge is 0.457 e. The average Bonchev–Trinajstić information content (AvgIpc) is 2.38. The van der Waals surface area contributed by atoms with E-state index < -0.39 is 11.7 Å². The van der Waals surface area contributed by atoms with Crippen LogP contribution in [0.15, 0.2) is 46.9 Å². The summed E-state index contributed by atoms with van der Waals surface area (Å²) in [4.78, 5) is 0. The van der Waals surface area contributed by atoms with E-state index in [0.717, 1.165) is 16.6 Å². The van der Waals surface area contributed by atoms with E-state index in [1.54, 1.807) is 18.2 Å². The van der Waals surface area contributed by atoms with Crippen LogP contribution in [0.25, 0.3) is 0 Å². The zero-order valence-corrected chi connectivity index (χ0v) is 11.8. The van der Waals surface area contributed by atoms with E-state index in [4.69, 9.17) is 10.5 Å². The molecule has 20 heavy (non-hydrogen) atoms. The first kappa shape index (κ1) is 14.9. The van der Waals surface area contributed by atoms with Gasteiger partial charge in [0.1, 0.15) is 11.5 Å². The lowest BCUT2D eigenvalue weighted by molar-refractivity contribution is -0.137. The van der Waals surface area contributed by atoms with Crippen molar-refractivity contribution in [3.05, 3.63) is 58.1 Å². The van der Waals surface area contributed by atoms with Gasteiger partial charge in [-0.15, -0.1) is 0 Å². The van der Waals surface area contributed by atoms with Gasteiger partial charge < -0.3 is 10.5 Å². The molecule has 0 fully saturated rings. The smallest absolute Gasteiger partial charge is 0.416 e. The molecule has 0 aliphatic carbocycles. The molecular weight excluding hydrogens is 335 g/mol. The summed E-state index contributed by atoms with van der Waals surface area (Å²) in [5, 5.41) is 0. The molecule has 0 amide bonds. The van der Waals surface area contributed by atoms with Crippen LogP contribution in [0.1, 0.15) is 11.1 Å². The van der Waals surface area contributed by atoms with Gasteiger partial charge in [0, 0.05) is 16.6 Å².